The van der Waals surface area contributed by atoms with Gasteiger partial charge in [0.05, 0.1) is 6.42 Å². The second-order valence-electron chi connectivity index (χ2n) is 6.03. The number of hydrazone groups is 1. The topological polar surface area (TPSA) is 52.9 Å². The van der Waals surface area contributed by atoms with Crippen LogP contribution in [-0.4, -0.2) is 27.9 Å². The van der Waals surface area contributed by atoms with Gasteiger partial charge in [0.25, 0.3) is 5.91 Å². The molecule has 0 saturated carbocycles. The summed E-state index contributed by atoms with van der Waals surface area (Å²) >= 11 is 0. The van der Waals surface area contributed by atoms with Crippen molar-refractivity contribution in [1.29, 1.82) is 0 Å². The van der Waals surface area contributed by atoms with Crippen LogP contribution in [0.1, 0.15) is 27.9 Å². The van der Waals surface area contributed by atoms with Crippen molar-refractivity contribution in [3.05, 3.63) is 71.0 Å². The number of alkyl halides is 3. The minimum absolute atomic E-state index is 0.0673. The molecule has 0 aromatic heterocycles. The summed E-state index contributed by atoms with van der Waals surface area (Å²) in [6, 6.07) is 10.3. The first kappa shape index (κ1) is 18.1. The van der Waals surface area contributed by atoms with E-state index in [0.29, 0.717) is 5.01 Å². The van der Waals surface area contributed by atoms with E-state index in [2.05, 4.69) is 5.10 Å². The van der Waals surface area contributed by atoms with Crippen molar-refractivity contribution >= 4 is 11.6 Å². The average molecular weight is 366 g/mol. The lowest BCUT2D eigenvalue weighted by Gasteiger charge is -2.31. The molecule has 0 fully saturated rings. The second-order valence-corrected chi connectivity index (χ2v) is 6.03. The molecule has 1 N–H and O–H groups in total. The summed E-state index contributed by atoms with van der Waals surface area (Å²) in [7, 11) is 0. The van der Waals surface area contributed by atoms with Gasteiger partial charge in [-0.2, -0.15) is 23.3 Å². The highest BCUT2D eigenvalue weighted by atomic mass is 19.4. The predicted octanol–water partition coefficient (Wildman–Crippen LogP) is 3.74. The molecule has 1 amide bonds. The third-order valence-electron chi connectivity index (χ3n) is 4.11. The summed E-state index contributed by atoms with van der Waals surface area (Å²) < 4.78 is 52.6. The molecule has 1 heterocycles. The normalized spacial score (nSPS) is 20.2. The van der Waals surface area contributed by atoms with Crippen molar-refractivity contribution in [2.24, 2.45) is 5.10 Å². The van der Waals surface area contributed by atoms with Gasteiger partial charge < -0.3 is 5.11 Å². The van der Waals surface area contributed by atoms with Gasteiger partial charge >= 0.3 is 6.18 Å². The lowest BCUT2D eigenvalue weighted by molar-refractivity contribution is -0.0816. The zero-order chi connectivity index (χ0) is 19.1. The number of carbonyl (C=O) groups is 1. The number of carbonyl (C=O) groups excluding carboxylic acids is 1. The number of nitrogens with zero attached hydrogens (tertiary/aromatic N) is 2. The number of benzene rings is 2. The summed E-state index contributed by atoms with van der Waals surface area (Å²) in [6.45, 7) is 1.79. The van der Waals surface area contributed by atoms with E-state index in [1.807, 2.05) is 0 Å². The SMILES string of the molecule is Cc1ccc(C(=O)N2N=C(C(F)(F)F)C[C@]2(O)c2ccc(F)cc2)cc1. The number of aliphatic hydroxyl groups is 1. The number of aryl methyl sites for hydroxylation is 1. The van der Waals surface area contributed by atoms with Crippen LogP contribution >= 0.6 is 0 Å². The van der Waals surface area contributed by atoms with Crippen LogP contribution in [0.25, 0.3) is 0 Å². The Kier molecular flexibility index (Phi) is 4.31. The first-order valence-electron chi connectivity index (χ1n) is 7.65. The maximum absolute atomic E-state index is 13.2. The highest BCUT2D eigenvalue weighted by molar-refractivity contribution is 5.99. The molecule has 3 rings (SSSR count). The molecule has 0 saturated heterocycles. The van der Waals surface area contributed by atoms with E-state index in [9.17, 15) is 27.5 Å². The van der Waals surface area contributed by atoms with Crippen molar-refractivity contribution in [1.82, 2.24) is 5.01 Å². The number of halogens is 4. The Balaban J connectivity index is 2.06. The minimum atomic E-state index is -4.81. The first-order chi connectivity index (χ1) is 12.1. The van der Waals surface area contributed by atoms with Crippen LogP contribution < -0.4 is 0 Å². The molecule has 0 aliphatic carbocycles. The van der Waals surface area contributed by atoms with Gasteiger partial charge in [0.2, 0.25) is 0 Å². The Hall–Kier alpha value is -2.74. The van der Waals surface area contributed by atoms with Crippen LogP contribution in [0.2, 0.25) is 0 Å². The maximum Gasteiger partial charge on any atom is 0.431 e. The Labute approximate surface area is 146 Å². The van der Waals surface area contributed by atoms with E-state index in [-0.39, 0.29) is 11.1 Å². The van der Waals surface area contributed by atoms with Gasteiger partial charge in [-0.25, -0.2) is 4.39 Å². The van der Waals surface area contributed by atoms with Crippen LogP contribution in [0, 0.1) is 12.7 Å². The largest absolute Gasteiger partial charge is 0.431 e. The predicted molar refractivity (Wildman–Crippen MR) is 85.8 cm³/mol. The third-order valence-corrected chi connectivity index (χ3v) is 4.11. The average Bonchev–Trinajstić information content (AvgIpc) is 2.94. The lowest BCUT2D eigenvalue weighted by Crippen LogP contribution is -2.43. The third kappa shape index (κ3) is 3.20. The monoisotopic (exact) mass is 366 g/mol. The summed E-state index contributed by atoms with van der Waals surface area (Å²) in [5.74, 6) is -1.51. The van der Waals surface area contributed by atoms with E-state index >= 15 is 0 Å². The molecule has 8 heteroatoms. The first-order valence-corrected chi connectivity index (χ1v) is 7.65. The van der Waals surface area contributed by atoms with Crippen molar-refractivity contribution in [2.75, 3.05) is 0 Å². The Morgan fingerprint density at radius 2 is 1.69 bits per heavy atom. The van der Waals surface area contributed by atoms with Crippen LogP contribution in [0.4, 0.5) is 17.6 Å². The summed E-state index contributed by atoms with van der Waals surface area (Å²) in [6.07, 6.45) is -5.75. The van der Waals surface area contributed by atoms with Crippen molar-refractivity contribution < 1.29 is 27.5 Å². The van der Waals surface area contributed by atoms with Gasteiger partial charge in [0.15, 0.2) is 5.72 Å². The van der Waals surface area contributed by atoms with Crippen molar-refractivity contribution in [3.8, 4) is 0 Å². The fourth-order valence-corrected chi connectivity index (χ4v) is 2.68. The number of hydrogen-bond acceptors (Lipinski definition) is 3. The number of rotatable bonds is 2. The van der Waals surface area contributed by atoms with E-state index < -0.39 is 35.8 Å². The summed E-state index contributed by atoms with van der Waals surface area (Å²) in [5, 5.41) is 14.7. The van der Waals surface area contributed by atoms with Gasteiger partial charge in [0.1, 0.15) is 11.5 Å². The highest BCUT2D eigenvalue weighted by Gasteiger charge is 2.53. The molecule has 4 nitrogen and oxygen atoms in total. The molecule has 1 aliphatic heterocycles. The van der Waals surface area contributed by atoms with Gasteiger partial charge in [-0.05, 0) is 31.2 Å². The molecule has 1 atom stereocenters. The fraction of sp³-hybridized carbons (Fsp3) is 0.222. The van der Waals surface area contributed by atoms with Gasteiger partial charge in [-0.15, -0.1) is 0 Å². The number of amides is 1. The molecular weight excluding hydrogens is 352 g/mol. The molecule has 0 bridgehead atoms. The standard InChI is InChI=1S/C18H14F4N2O2/c1-11-2-4-12(5-3-11)16(25)24-17(26,10-15(23-24)18(20,21)22)13-6-8-14(19)9-7-13/h2-9,26H,10H2,1H3/t17-/m0/s1. The van der Waals surface area contributed by atoms with Gasteiger partial charge in [0, 0.05) is 11.1 Å². The van der Waals surface area contributed by atoms with E-state index in [1.54, 1.807) is 19.1 Å². The second kappa shape index (κ2) is 6.21. The molecule has 26 heavy (non-hydrogen) atoms. The van der Waals surface area contributed by atoms with E-state index in [4.69, 9.17) is 0 Å². The van der Waals surface area contributed by atoms with Gasteiger partial charge in [-0.1, -0.05) is 29.8 Å². The molecule has 1 aliphatic rings. The molecule has 0 unspecified atom stereocenters. The zero-order valence-corrected chi connectivity index (χ0v) is 13.6. The van der Waals surface area contributed by atoms with Crippen molar-refractivity contribution in [3.63, 3.8) is 0 Å². The minimum Gasteiger partial charge on any atom is -0.365 e. The van der Waals surface area contributed by atoms with Crippen LogP contribution in [0.3, 0.4) is 0 Å². The lowest BCUT2D eigenvalue weighted by atomic mass is 9.96. The maximum atomic E-state index is 13.2. The van der Waals surface area contributed by atoms with Crippen LogP contribution in [0.15, 0.2) is 53.6 Å². The smallest absolute Gasteiger partial charge is 0.365 e. The fourth-order valence-electron chi connectivity index (χ4n) is 2.68. The van der Waals surface area contributed by atoms with Crippen LogP contribution in [0.5, 0.6) is 0 Å². The summed E-state index contributed by atoms with van der Waals surface area (Å²) in [5.41, 5.74) is -2.78. The zero-order valence-electron chi connectivity index (χ0n) is 13.6. The molecular formula is C18H14F4N2O2. The quantitative estimate of drug-likeness (QED) is 0.824. The van der Waals surface area contributed by atoms with E-state index in [0.717, 1.165) is 29.8 Å². The van der Waals surface area contributed by atoms with Gasteiger partial charge in [-0.3, -0.25) is 4.79 Å². The summed E-state index contributed by atoms with van der Waals surface area (Å²) in [4.78, 5) is 12.7. The van der Waals surface area contributed by atoms with Crippen molar-refractivity contribution in [2.45, 2.75) is 25.2 Å². The molecule has 2 aromatic rings. The molecule has 0 spiro atoms. The Morgan fingerprint density at radius 1 is 1.12 bits per heavy atom. The van der Waals surface area contributed by atoms with Crippen LogP contribution in [-0.2, 0) is 5.72 Å². The highest BCUT2D eigenvalue weighted by Crippen LogP contribution is 2.40. The number of hydrogen-bond donors (Lipinski definition) is 1. The van der Waals surface area contributed by atoms with E-state index in [1.165, 1.54) is 12.1 Å². The Morgan fingerprint density at radius 3 is 2.23 bits per heavy atom. The molecule has 136 valence electrons. The molecule has 0 radical (unpaired) electrons. The molecule has 2 aromatic carbocycles. The Bertz CT molecular complexity index is 860.